The van der Waals surface area contributed by atoms with Crippen LogP contribution in [0.15, 0.2) is 18.3 Å². The molecule has 2 N–H and O–H groups in total. The minimum absolute atomic E-state index is 0.0479. The van der Waals surface area contributed by atoms with Crippen LogP contribution in [0.1, 0.15) is 0 Å². The van der Waals surface area contributed by atoms with Gasteiger partial charge in [-0.1, -0.05) is 23.2 Å². The second kappa shape index (κ2) is 3.77. The van der Waals surface area contributed by atoms with Gasteiger partial charge in [-0.05, 0) is 6.07 Å². The maximum Gasteiger partial charge on any atom is 0.294 e. The number of nitro groups is 1. The molecule has 5 nitrogen and oxygen atoms in total. The first-order valence-corrected chi connectivity index (χ1v) is 4.94. The number of rotatable bonds is 1. The number of nitro benzene ring substituents is 1. The van der Waals surface area contributed by atoms with Crippen molar-refractivity contribution in [1.29, 1.82) is 0 Å². The molecule has 0 aliphatic heterocycles. The largest absolute Gasteiger partial charge is 0.392 e. The van der Waals surface area contributed by atoms with E-state index in [2.05, 4.69) is 4.98 Å². The van der Waals surface area contributed by atoms with Gasteiger partial charge in [-0.2, -0.15) is 0 Å². The molecule has 1 aromatic carbocycles. The smallest absolute Gasteiger partial charge is 0.294 e. The number of halogens is 2. The van der Waals surface area contributed by atoms with E-state index < -0.39 is 4.92 Å². The van der Waals surface area contributed by atoms with E-state index in [4.69, 9.17) is 28.9 Å². The highest BCUT2D eigenvalue weighted by Gasteiger charge is 2.19. The molecule has 0 aliphatic rings. The first kappa shape index (κ1) is 10.9. The summed E-state index contributed by atoms with van der Waals surface area (Å²) in [5, 5.41) is 11.5. The normalized spacial score (nSPS) is 10.6. The Balaban J connectivity index is 2.94. The average Bonchev–Trinajstić information content (AvgIpc) is 2.23. The number of nitrogens with two attached hydrogens (primary N) is 1. The Morgan fingerprint density at radius 1 is 1.44 bits per heavy atom. The number of aromatic nitrogens is 1. The van der Waals surface area contributed by atoms with Crippen LogP contribution < -0.4 is 5.73 Å². The summed E-state index contributed by atoms with van der Waals surface area (Å²) in [6, 6.07) is 2.80. The van der Waals surface area contributed by atoms with Crippen LogP contribution in [0.4, 0.5) is 11.4 Å². The van der Waals surface area contributed by atoms with Gasteiger partial charge < -0.3 is 5.73 Å². The summed E-state index contributed by atoms with van der Waals surface area (Å²) in [7, 11) is 0. The number of anilines is 1. The predicted molar refractivity (Wildman–Crippen MR) is 62.8 cm³/mol. The van der Waals surface area contributed by atoms with E-state index in [9.17, 15) is 10.1 Å². The third kappa shape index (κ3) is 1.54. The number of hydrogen-bond donors (Lipinski definition) is 1. The van der Waals surface area contributed by atoms with Gasteiger partial charge in [0, 0.05) is 17.6 Å². The molecular formula is C9H5Cl2N3O2. The van der Waals surface area contributed by atoms with Gasteiger partial charge in [0.15, 0.2) is 0 Å². The number of fused-ring (bicyclic) bond motifs is 1. The molecule has 0 saturated heterocycles. The maximum atomic E-state index is 10.7. The summed E-state index contributed by atoms with van der Waals surface area (Å²) >= 11 is 11.8. The van der Waals surface area contributed by atoms with Crippen LogP contribution in [0.5, 0.6) is 0 Å². The van der Waals surface area contributed by atoms with E-state index in [1.165, 1.54) is 18.3 Å². The number of nitrogen functional groups attached to an aromatic ring is 1. The first-order chi connectivity index (χ1) is 7.52. The number of hydrogen-bond acceptors (Lipinski definition) is 4. The summed E-state index contributed by atoms with van der Waals surface area (Å²) in [5.74, 6) is 0. The maximum absolute atomic E-state index is 10.7. The highest BCUT2D eigenvalue weighted by atomic mass is 35.5. The molecule has 0 spiro atoms. The van der Waals surface area contributed by atoms with Crippen LogP contribution in [-0.4, -0.2) is 9.91 Å². The molecule has 2 rings (SSSR count). The SMILES string of the molecule is Nc1c([N+](=O)[O-])cc2c(Cl)ccnc2c1Cl. The summed E-state index contributed by atoms with van der Waals surface area (Å²) in [4.78, 5) is 14.1. The Morgan fingerprint density at radius 3 is 2.75 bits per heavy atom. The molecule has 0 amide bonds. The van der Waals surface area contributed by atoms with Gasteiger partial charge in [-0.25, -0.2) is 0 Å². The van der Waals surface area contributed by atoms with Crippen molar-refractivity contribution in [2.24, 2.45) is 0 Å². The van der Waals surface area contributed by atoms with Gasteiger partial charge >= 0.3 is 0 Å². The zero-order valence-corrected chi connectivity index (χ0v) is 9.29. The first-order valence-electron chi connectivity index (χ1n) is 4.19. The van der Waals surface area contributed by atoms with Crippen LogP contribution in [-0.2, 0) is 0 Å². The summed E-state index contributed by atoms with van der Waals surface area (Å²) < 4.78 is 0. The lowest BCUT2D eigenvalue weighted by Crippen LogP contribution is -1.98. The van der Waals surface area contributed by atoms with E-state index in [0.29, 0.717) is 15.9 Å². The number of pyridine rings is 1. The molecule has 0 aliphatic carbocycles. The predicted octanol–water partition coefficient (Wildman–Crippen LogP) is 3.03. The molecule has 0 radical (unpaired) electrons. The van der Waals surface area contributed by atoms with Crippen molar-refractivity contribution < 1.29 is 4.92 Å². The van der Waals surface area contributed by atoms with E-state index in [0.717, 1.165) is 0 Å². The zero-order chi connectivity index (χ0) is 11.9. The quantitative estimate of drug-likeness (QED) is 0.484. The van der Waals surface area contributed by atoms with Gasteiger partial charge in [-0.15, -0.1) is 0 Å². The van der Waals surface area contributed by atoms with Crippen molar-refractivity contribution in [1.82, 2.24) is 4.98 Å². The Morgan fingerprint density at radius 2 is 2.12 bits per heavy atom. The van der Waals surface area contributed by atoms with Crippen LogP contribution in [0.3, 0.4) is 0 Å². The minimum Gasteiger partial charge on any atom is -0.392 e. The van der Waals surface area contributed by atoms with Crippen molar-refractivity contribution in [2.45, 2.75) is 0 Å². The summed E-state index contributed by atoms with van der Waals surface area (Å²) in [5.41, 5.74) is 5.53. The van der Waals surface area contributed by atoms with Gasteiger partial charge in [0.25, 0.3) is 5.69 Å². The van der Waals surface area contributed by atoms with Crippen LogP contribution >= 0.6 is 23.2 Å². The lowest BCUT2D eigenvalue weighted by atomic mass is 10.1. The van der Waals surface area contributed by atoms with E-state index in [1.807, 2.05) is 0 Å². The zero-order valence-electron chi connectivity index (χ0n) is 7.78. The van der Waals surface area contributed by atoms with E-state index in [1.54, 1.807) is 0 Å². The van der Waals surface area contributed by atoms with Crippen molar-refractivity contribution in [2.75, 3.05) is 5.73 Å². The molecule has 0 fully saturated rings. The average molecular weight is 258 g/mol. The van der Waals surface area contributed by atoms with Crippen LogP contribution in [0.25, 0.3) is 10.9 Å². The standard InChI is InChI=1S/C9H5Cl2N3O2/c10-5-1-2-13-9-4(5)3-6(14(15)16)8(12)7(9)11/h1-3H,12H2. The third-order valence-electron chi connectivity index (χ3n) is 2.14. The molecule has 16 heavy (non-hydrogen) atoms. The van der Waals surface area contributed by atoms with Gasteiger partial charge in [0.2, 0.25) is 0 Å². The summed E-state index contributed by atoms with van der Waals surface area (Å²) in [6.07, 6.45) is 1.46. The van der Waals surface area contributed by atoms with Gasteiger partial charge in [-0.3, -0.25) is 15.1 Å². The third-order valence-corrected chi connectivity index (χ3v) is 2.85. The highest BCUT2D eigenvalue weighted by Crippen LogP contribution is 2.37. The molecular weight excluding hydrogens is 253 g/mol. The van der Waals surface area contributed by atoms with Crippen molar-refractivity contribution in [3.05, 3.63) is 38.5 Å². The van der Waals surface area contributed by atoms with E-state index in [-0.39, 0.29) is 16.4 Å². The Bertz CT molecular complexity index is 601. The molecule has 0 unspecified atom stereocenters. The molecule has 0 saturated carbocycles. The molecule has 1 heterocycles. The van der Waals surface area contributed by atoms with E-state index >= 15 is 0 Å². The number of nitrogens with zero attached hydrogens (tertiary/aromatic N) is 2. The highest BCUT2D eigenvalue weighted by molar-refractivity contribution is 6.41. The van der Waals surface area contributed by atoms with Gasteiger partial charge in [0.1, 0.15) is 5.69 Å². The van der Waals surface area contributed by atoms with Crippen molar-refractivity contribution in [3.8, 4) is 0 Å². The monoisotopic (exact) mass is 257 g/mol. The Hall–Kier alpha value is -1.59. The Labute approximate surface area is 99.9 Å². The summed E-state index contributed by atoms with van der Waals surface area (Å²) in [6.45, 7) is 0. The molecule has 82 valence electrons. The van der Waals surface area contributed by atoms with Gasteiger partial charge in [0.05, 0.1) is 20.5 Å². The molecule has 0 bridgehead atoms. The van der Waals surface area contributed by atoms with Crippen LogP contribution in [0.2, 0.25) is 10.0 Å². The topological polar surface area (TPSA) is 82.0 Å². The van der Waals surface area contributed by atoms with Crippen LogP contribution in [0, 0.1) is 10.1 Å². The lowest BCUT2D eigenvalue weighted by Gasteiger charge is -2.05. The van der Waals surface area contributed by atoms with Crippen molar-refractivity contribution >= 4 is 45.5 Å². The second-order valence-corrected chi connectivity index (χ2v) is 3.85. The fraction of sp³-hybridized carbons (Fsp3) is 0. The second-order valence-electron chi connectivity index (χ2n) is 3.07. The molecule has 2 aromatic rings. The van der Waals surface area contributed by atoms with Crippen molar-refractivity contribution in [3.63, 3.8) is 0 Å². The molecule has 0 atom stereocenters. The fourth-order valence-corrected chi connectivity index (χ4v) is 1.82. The minimum atomic E-state index is -0.607. The fourth-order valence-electron chi connectivity index (χ4n) is 1.37. The number of benzene rings is 1. The molecule has 1 aromatic heterocycles. The lowest BCUT2D eigenvalue weighted by molar-refractivity contribution is -0.383. The Kier molecular flexibility index (Phi) is 2.57. The molecule has 7 heteroatoms.